The smallest absolute Gasteiger partial charge is 0.309 e. The average molecular weight is 260 g/mol. The Morgan fingerprint density at radius 2 is 1.83 bits per heavy atom. The molecule has 0 radical (unpaired) electrons. The Morgan fingerprint density at radius 1 is 1.17 bits per heavy atom. The van der Waals surface area contributed by atoms with Gasteiger partial charge in [0.15, 0.2) is 0 Å². The minimum absolute atomic E-state index is 0.209. The summed E-state index contributed by atoms with van der Waals surface area (Å²) in [4.78, 5) is 34.0. The van der Waals surface area contributed by atoms with Crippen LogP contribution in [0.3, 0.4) is 0 Å². The highest BCUT2D eigenvalue weighted by Crippen LogP contribution is 1.83. The second-order valence-corrected chi connectivity index (χ2v) is 3.52. The molecule has 0 aliphatic heterocycles. The largest absolute Gasteiger partial charge is 0.383 e. The van der Waals surface area contributed by atoms with E-state index in [0.717, 1.165) is 0 Å². The summed E-state index contributed by atoms with van der Waals surface area (Å²) in [5.74, 6) is -2.05. The minimum Gasteiger partial charge on any atom is -0.383 e. The van der Waals surface area contributed by atoms with E-state index in [1.807, 2.05) is 0 Å². The molecule has 5 N–H and O–H groups in total. The number of methoxy groups -OCH3 is 1. The van der Waals surface area contributed by atoms with E-state index in [9.17, 15) is 14.4 Å². The van der Waals surface area contributed by atoms with Crippen LogP contribution in [-0.2, 0) is 19.1 Å². The maximum Gasteiger partial charge on any atom is 0.309 e. The van der Waals surface area contributed by atoms with Gasteiger partial charge in [-0.1, -0.05) is 0 Å². The summed E-state index contributed by atoms with van der Waals surface area (Å²) >= 11 is 0. The van der Waals surface area contributed by atoms with Crippen LogP contribution in [-0.4, -0.2) is 57.1 Å². The molecule has 3 amide bonds. The maximum atomic E-state index is 11.5. The lowest BCUT2D eigenvalue weighted by Gasteiger charge is -2.13. The van der Waals surface area contributed by atoms with Crippen molar-refractivity contribution in [1.82, 2.24) is 16.0 Å². The molecule has 0 aliphatic carbocycles. The molecule has 0 heterocycles. The lowest BCUT2D eigenvalue weighted by molar-refractivity contribution is -0.140. The second kappa shape index (κ2) is 9.37. The summed E-state index contributed by atoms with van der Waals surface area (Å²) < 4.78 is 4.76. The molecule has 0 saturated heterocycles. The standard InChI is InChI=1S/C10H20N4O4/c1-7(8(15)13-5-6-18-2)14-10(17)9(16)12-4-3-11/h7H,3-6,11H2,1-2H3,(H,12,16)(H,13,15)(H,14,17). The van der Waals surface area contributed by atoms with Crippen molar-refractivity contribution >= 4 is 17.7 Å². The van der Waals surface area contributed by atoms with Gasteiger partial charge >= 0.3 is 11.8 Å². The Balaban J connectivity index is 3.98. The highest BCUT2D eigenvalue weighted by molar-refractivity contribution is 6.35. The number of rotatable bonds is 7. The highest BCUT2D eigenvalue weighted by Gasteiger charge is 2.19. The molecule has 0 rings (SSSR count). The first kappa shape index (κ1) is 16.3. The number of carbonyl (C=O) groups is 3. The Bertz CT molecular complexity index is 296. The number of hydrogen-bond donors (Lipinski definition) is 4. The van der Waals surface area contributed by atoms with Crippen molar-refractivity contribution in [3.05, 3.63) is 0 Å². The van der Waals surface area contributed by atoms with Crippen LogP contribution in [0.25, 0.3) is 0 Å². The summed E-state index contributed by atoms with van der Waals surface area (Å²) in [6, 6.07) is -0.794. The molecule has 1 atom stereocenters. The van der Waals surface area contributed by atoms with Crippen molar-refractivity contribution in [3.63, 3.8) is 0 Å². The summed E-state index contributed by atoms with van der Waals surface area (Å²) in [5.41, 5.74) is 5.17. The molecule has 0 aromatic rings. The van der Waals surface area contributed by atoms with Gasteiger partial charge < -0.3 is 26.4 Å². The number of hydrogen-bond acceptors (Lipinski definition) is 5. The summed E-state index contributed by atoms with van der Waals surface area (Å²) in [7, 11) is 1.51. The first-order chi connectivity index (χ1) is 8.52. The van der Waals surface area contributed by atoms with E-state index >= 15 is 0 Å². The third kappa shape index (κ3) is 6.81. The molecule has 8 heteroatoms. The third-order valence-corrected chi connectivity index (χ3v) is 1.98. The van der Waals surface area contributed by atoms with Gasteiger partial charge in [-0.2, -0.15) is 0 Å². The number of amides is 3. The number of nitrogens with two attached hydrogens (primary N) is 1. The fourth-order valence-electron chi connectivity index (χ4n) is 1.02. The lowest BCUT2D eigenvalue weighted by atomic mass is 10.3. The fraction of sp³-hybridized carbons (Fsp3) is 0.700. The molecule has 104 valence electrons. The highest BCUT2D eigenvalue weighted by atomic mass is 16.5. The average Bonchev–Trinajstić information content (AvgIpc) is 2.35. The van der Waals surface area contributed by atoms with E-state index < -0.39 is 17.9 Å². The molecule has 0 fully saturated rings. The van der Waals surface area contributed by atoms with Gasteiger partial charge in [0, 0.05) is 26.7 Å². The fourth-order valence-corrected chi connectivity index (χ4v) is 1.02. The molecular formula is C10H20N4O4. The van der Waals surface area contributed by atoms with Crippen LogP contribution in [0.15, 0.2) is 0 Å². The van der Waals surface area contributed by atoms with Crippen molar-refractivity contribution in [2.24, 2.45) is 5.73 Å². The quantitative estimate of drug-likeness (QED) is 0.294. The maximum absolute atomic E-state index is 11.5. The summed E-state index contributed by atoms with van der Waals surface area (Å²) in [6.07, 6.45) is 0. The first-order valence-corrected chi connectivity index (χ1v) is 5.58. The van der Waals surface area contributed by atoms with Crippen molar-refractivity contribution in [1.29, 1.82) is 0 Å². The summed E-state index contributed by atoms with van der Waals surface area (Å²) in [5, 5.41) is 7.11. The minimum atomic E-state index is -0.863. The van der Waals surface area contributed by atoms with Crippen LogP contribution >= 0.6 is 0 Å². The van der Waals surface area contributed by atoms with Crippen LogP contribution in [0.2, 0.25) is 0 Å². The van der Waals surface area contributed by atoms with Gasteiger partial charge in [0.05, 0.1) is 6.61 Å². The van der Waals surface area contributed by atoms with Crippen LogP contribution in [0, 0.1) is 0 Å². The molecule has 0 saturated carbocycles. The normalized spacial score (nSPS) is 11.5. The van der Waals surface area contributed by atoms with E-state index in [1.165, 1.54) is 14.0 Å². The Kier molecular flexibility index (Phi) is 8.50. The van der Waals surface area contributed by atoms with Crippen LogP contribution < -0.4 is 21.7 Å². The van der Waals surface area contributed by atoms with E-state index in [4.69, 9.17) is 10.5 Å². The van der Waals surface area contributed by atoms with Gasteiger partial charge in [0.2, 0.25) is 5.91 Å². The lowest BCUT2D eigenvalue weighted by Crippen LogP contribution is -2.50. The predicted octanol–water partition coefficient (Wildman–Crippen LogP) is -2.67. The molecule has 18 heavy (non-hydrogen) atoms. The Hall–Kier alpha value is -1.67. The second-order valence-electron chi connectivity index (χ2n) is 3.52. The molecule has 0 spiro atoms. The van der Waals surface area contributed by atoms with Gasteiger partial charge in [-0.25, -0.2) is 0 Å². The van der Waals surface area contributed by atoms with Gasteiger partial charge in [0.1, 0.15) is 6.04 Å². The van der Waals surface area contributed by atoms with Crippen LogP contribution in [0.4, 0.5) is 0 Å². The van der Waals surface area contributed by atoms with Gasteiger partial charge in [-0.05, 0) is 6.92 Å². The monoisotopic (exact) mass is 260 g/mol. The Morgan fingerprint density at radius 3 is 2.39 bits per heavy atom. The van der Waals surface area contributed by atoms with Gasteiger partial charge in [0.25, 0.3) is 0 Å². The van der Waals surface area contributed by atoms with Crippen molar-refractivity contribution in [2.75, 3.05) is 33.4 Å². The van der Waals surface area contributed by atoms with Crippen molar-refractivity contribution in [3.8, 4) is 0 Å². The van der Waals surface area contributed by atoms with Crippen LogP contribution in [0.5, 0.6) is 0 Å². The number of ether oxygens (including phenoxy) is 1. The SMILES string of the molecule is COCCNC(=O)C(C)NC(=O)C(=O)NCCN. The molecule has 1 unspecified atom stereocenters. The zero-order valence-corrected chi connectivity index (χ0v) is 10.6. The number of nitrogens with one attached hydrogen (secondary N) is 3. The van der Waals surface area contributed by atoms with E-state index in [2.05, 4.69) is 16.0 Å². The van der Waals surface area contributed by atoms with Crippen LogP contribution in [0.1, 0.15) is 6.92 Å². The first-order valence-electron chi connectivity index (χ1n) is 5.58. The predicted molar refractivity (Wildman–Crippen MR) is 64.6 cm³/mol. The molecule has 0 bridgehead atoms. The molecule has 8 nitrogen and oxygen atoms in total. The third-order valence-electron chi connectivity index (χ3n) is 1.98. The van der Waals surface area contributed by atoms with Crippen molar-refractivity contribution in [2.45, 2.75) is 13.0 Å². The zero-order chi connectivity index (χ0) is 14.0. The molecule has 0 aromatic carbocycles. The van der Waals surface area contributed by atoms with Gasteiger partial charge in [-0.3, -0.25) is 14.4 Å². The summed E-state index contributed by atoms with van der Waals surface area (Å²) in [6.45, 7) is 2.65. The molecular weight excluding hydrogens is 240 g/mol. The van der Waals surface area contributed by atoms with E-state index in [-0.39, 0.29) is 19.0 Å². The Labute approximate surface area is 106 Å². The van der Waals surface area contributed by atoms with E-state index in [0.29, 0.717) is 13.2 Å². The number of carbonyl (C=O) groups excluding carboxylic acids is 3. The topological polar surface area (TPSA) is 123 Å². The zero-order valence-electron chi connectivity index (χ0n) is 10.6. The van der Waals surface area contributed by atoms with Crippen molar-refractivity contribution < 1.29 is 19.1 Å². The molecule has 0 aromatic heterocycles. The van der Waals surface area contributed by atoms with E-state index in [1.54, 1.807) is 0 Å². The molecule has 0 aliphatic rings. The van der Waals surface area contributed by atoms with Gasteiger partial charge in [-0.15, -0.1) is 0 Å².